The molecule has 1 nitrogen and oxygen atoms in total. The molecule has 0 atom stereocenters. The Labute approximate surface area is 85.9 Å². The second-order valence-electron chi connectivity index (χ2n) is 5.38. The van der Waals surface area contributed by atoms with Crippen LogP contribution in [0.3, 0.4) is 0 Å². The molecular weight excluding hydrogens is 190 g/mol. The molecule has 0 unspecified atom stereocenters. The van der Waals surface area contributed by atoms with Crippen molar-refractivity contribution in [3.05, 3.63) is 12.3 Å². The van der Waals surface area contributed by atoms with Crippen LogP contribution < -0.4 is 0 Å². The van der Waals surface area contributed by atoms with E-state index in [1.54, 1.807) is 0 Å². The van der Waals surface area contributed by atoms with Crippen molar-refractivity contribution in [2.75, 3.05) is 12.7 Å². The molecule has 0 saturated heterocycles. The van der Waals surface area contributed by atoms with Crippen LogP contribution in [0.1, 0.15) is 6.92 Å². The second kappa shape index (κ2) is 4.57. The van der Waals surface area contributed by atoms with Crippen LogP contribution in [0.15, 0.2) is 12.3 Å². The van der Waals surface area contributed by atoms with E-state index in [9.17, 15) is 0 Å². The molecule has 3 heteroatoms. The van der Waals surface area contributed by atoms with Crippen molar-refractivity contribution in [2.45, 2.75) is 39.7 Å². The highest BCUT2D eigenvalue weighted by Crippen LogP contribution is 2.14. The van der Waals surface area contributed by atoms with Gasteiger partial charge in [0.25, 0.3) is 0 Å². The highest BCUT2D eigenvalue weighted by Gasteiger charge is 2.28. The van der Waals surface area contributed by atoms with Crippen molar-refractivity contribution in [3.8, 4) is 0 Å². The number of nitrogens with zero attached hydrogens (tertiary/aromatic N) is 1. The summed E-state index contributed by atoms with van der Waals surface area (Å²) in [5.41, 5.74) is 2.20. The second-order valence-corrected chi connectivity index (χ2v) is 15.1. The molecule has 0 rings (SSSR count). The van der Waals surface area contributed by atoms with Crippen LogP contribution in [0.2, 0.25) is 32.7 Å². The molecule has 0 fully saturated rings. The Balaban J connectivity index is 4.38. The topological polar surface area (TPSA) is 3.24 Å². The lowest BCUT2D eigenvalue weighted by Gasteiger charge is -2.37. The van der Waals surface area contributed by atoms with Gasteiger partial charge in [0.2, 0.25) is 0 Å². The summed E-state index contributed by atoms with van der Waals surface area (Å²) in [4.78, 5) is 0. The summed E-state index contributed by atoms with van der Waals surface area (Å²) in [6.45, 7) is 19.5. The van der Waals surface area contributed by atoms with Crippen LogP contribution in [-0.4, -0.2) is 33.6 Å². The average Bonchev–Trinajstić information content (AvgIpc) is 1.98. The Morgan fingerprint density at radius 3 is 1.85 bits per heavy atom. The first kappa shape index (κ1) is 13.1. The molecule has 0 spiro atoms. The molecule has 0 heterocycles. The zero-order valence-electron chi connectivity index (χ0n) is 10.1. The molecule has 0 radical (unpaired) electrons. The van der Waals surface area contributed by atoms with Crippen molar-refractivity contribution in [1.29, 1.82) is 0 Å². The fraction of sp³-hybridized carbons (Fsp3) is 0.800. The Hall–Kier alpha value is 0.134. The predicted octanol–water partition coefficient (Wildman–Crippen LogP) is 3.12. The maximum absolute atomic E-state index is 3.95. The van der Waals surface area contributed by atoms with Gasteiger partial charge in [-0.25, -0.2) is 0 Å². The standard InChI is InChI=1S/C10H25NSi2/c1-8-11(12(3,4)5)10-13(6,7)9-2/h9H,2,8,10H2,1,3-7H3. The van der Waals surface area contributed by atoms with Crippen LogP contribution in [0.5, 0.6) is 0 Å². The molecule has 0 aliphatic rings. The van der Waals surface area contributed by atoms with Gasteiger partial charge >= 0.3 is 0 Å². The van der Waals surface area contributed by atoms with E-state index in [1.807, 2.05) is 0 Å². The van der Waals surface area contributed by atoms with Gasteiger partial charge < -0.3 is 4.57 Å². The van der Waals surface area contributed by atoms with Gasteiger partial charge in [0.1, 0.15) is 8.24 Å². The van der Waals surface area contributed by atoms with Crippen LogP contribution >= 0.6 is 0 Å². The zero-order valence-corrected chi connectivity index (χ0v) is 12.1. The van der Waals surface area contributed by atoms with E-state index < -0.39 is 16.3 Å². The zero-order chi connectivity index (χ0) is 10.7. The van der Waals surface area contributed by atoms with E-state index >= 15 is 0 Å². The summed E-state index contributed by atoms with van der Waals surface area (Å²) < 4.78 is 2.68. The highest BCUT2D eigenvalue weighted by molar-refractivity contribution is 6.84. The summed E-state index contributed by atoms with van der Waals surface area (Å²) in [7, 11) is -2.24. The van der Waals surface area contributed by atoms with Crippen molar-refractivity contribution >= 4 is 16.3 Å². The molecule has 0 aliphatic carbocycles. The number of hydrogen-bond acceptors (Lipinski definition) is 1. The van der Waals surface area contributed by atoms with Gasteiger partial charge in [0.05, 0.1) is 8.07 Å². The normalized spacial score (nSPS) is 13.5. The van der Waals surface area contributed by atoms with Gasteiger partial charge in [-0.1, -0.05) is 39.7 Å². The molecule has 0 aromatic rings. The molecule has 0 bridgehead atoms. The van der Waals surface area contributed by atoms with Gasteiger partial charge in [0, 0.05) is 0 Å². The molecule has 0 aromatic carbocycles. The van der Waals surface area contributed by atoms with Crippen molar-refractivity contribution in [1.82, 2.24) is 4.57 Å². The molecule has 0 N–H and O–H groups in total. The van der Waals surface area contributed by atoms with E-state index in [0.717, 1.165) is 0 Å². The van der Waals surface area contributed by atoms with Crippen LogP contribution in [0, 0.1) is 0 Å². The highest BCUT2D eigenvalue weighted by atomic mass is 28.3. The van der Waals surface area contributed by atoms with E-state index in [0.29, 0.717) is 0 Å². The third-order valence-corrected chi connectivity index (χ3v) is 7.47. The SMILES string of the molecule is C=C[Si](C)(C)CN(CC)[Si](C)(C)C. The Morgan fingerprint density at radius 1 is 1.15 bits per heavy atom. The van der Waals surface area contributed by atoms with Gasteiger partial charge in [-0.2, -0.15) is 0 Å². The average molecular weight is 215 g/mol. The van der Waals surface area contributed by atoms with E-state index in [1.165, 1.54) is 12.7 Å². The summed E-state index contributed by atoms with van der Waals surface area (Å²) in [6, 6.07) is 0. The van der Waals surface area contributed by atoms with E-state index in [2.05, 4.69) is 56.5 Å². The van der Waals surface area contributed by atoms with Gasteiger partial charge in [0.15, 0.2) is 0 Å². The van der Waals surface area contributed by atoms with E-state index in [-0.39, 0.29) is 0 Å². The summed E-state index contributed by atoms with van der Waals surface area (Å²) in [5, 5.41) is 0. The third-order valence-electron chi connectivity index (χ3n) is 2.48. The Morgan fingerprint density at radius 2 is 1.62 bits per heavy atom. The van der Waals surface area contributed by atoms with Crippen LogP contribution in [0.25, 0.3) is 0 Å². The van der Waals surface area contributed by atoms with Gasteiger partial charge in [-0.05, 0) is 12.7 Å². The van der Waals surface area contributed by atoms with E-state index in [4.69, 9.17) is 0 Å². The quantitative estimate of drug-likeness (QED) is 0.637. The minimum absolute atomic E-state index is 1.09. The summed E-state index contributed by atoms with van der Waals surface area (Å²) in [5.74, 6) is 0. The maximum atomic E-state index is 3.95. The van der Waals surface area contributed by atoms with Gasteiger partial charge in [-0.15, -0.1) is 12.3 Å². The molecule has 78 valence electrons. The Kier molecular flexibility index (Phi) is 4.62. The van der Waals surface area contributed by atoms with Crippen LogP contribution in [-0.2, 0) is 0 Å². The van der Waals surface area contributed by atoms with Crippen molar-refractivity contribution in [3.63, 3.8) is 0 Å². The first-order valence-corrected chi connectivity index (χ1v) is 11.8. The monoisotopic (exact) mass is 215 g/mol. The van der Waals surface area contributed by atoms with Crippen LogP contribution in [0.4, 0.5) is 0 Å². The molecule has 0 aliphatic heterocycles. The minimum Gasteiger partial charge on any atom is -0.326 e. The lowest BCUT2D eigenvalue weighted by Crippen LogP contribution is -2.53. The minimum atomic E-state index is -1.15. The third kappa shape index (κ3) is 4.79. The Bertz CT molecular complexity index is 170. The first-order chi connectivity index (χ1) is 5.73. The number of hydrogen-bond donors (Lipinski definition) is 0. The van der Waals surface area contributed by atoms with Crippen molar-refractivity contribution < 1.29 is 0 Å². The lowest BCUT2D eigenvalue weighted by atomic mass is 10.8. The molecule has 0 aromatic heterocycles. The smallest absolute Gasteiger partial charge is 0.118 e. The summed E-state index contributed by atoms with van der Waals surface area (Å²) in [6.07, 6.45) is 1.28. The summed E-state index contributed by atoms with van der Waals surface area (Å²) >= 11 is 0. The first-order valence-electron chi connectivity index (χ1n) is 5.11. The fourth-order valence-corrected chi connectivity index (χ4v) is 6.78. The molecule has 0 amide bonds. The van der Waals surface area contributed by atoms with Crippen molar-refractivity contribution in [2.24, 2.45) is 0 Å². The lowest BCUT2D eigenvalue weighted by molar-refractivity contribution is 0.508. The molecular formula is C10H25NSi2. The number of rotatable bonds is 5. The fourth-order valence-electron chi connectivity index (χ4n) is 1.38. The predicted molar refractivity (Wildman–Crippen MR) is 68.3 cm³/mol. The largest absolute Gasteiger partial charge is 0.326 e. The molecule has 0 saturated carbocycles. The van der Waals surface area contributed by atoms with Gasteiger partial charge in [-0.3, -0.25) is 0 Å². The maximum Gasteiger partial charge on any atom is 0.118 e. The molecule has 13 heavy (non-hydrogen) atoms.